The van der Waals surface area contributed by atoms with Crippen molar-refractivity contribution in [3.63, 3.8) is 0 Å². The first-order valence-corrected chi connectivity index (χ1v) is 13.2. The van der Waals surface area contributed by atoms with Gasteiger partial charge in [0.1, 0.15) is 11.3 Å². The highest BCUT2D eigenvalue weighted by molar-refractivity contribution is 14.1. The molecule has 0 saturated heterocycles. The molecule has 3 aromatic carbocycles. The predicted molar refractivity (Wildman–Crippen MR) is 157 cm³/mol. The molecule has 0 aliphatic rings. The summed E-state index contributed by atoms with van der Waals surface area (Å²) in [5.41, 5.74) is 1.59. The summed E-state index contributed by atoms with van der Waals surface area (Å²) in [6, 6.07) is 18.3. The van der Waals surface area contributed by atoms with Crippen LogP contribution in [0, 0.1) is 3.57 Å². The van der Waals surface area contributed by atoms with E-state index in [1.54, 1.807) is 38.6 Å². The van der Waals surface area contributed by atoms with Gasteiger partial charge in [0, 0.05) is 0 Å². The molecule has 8 nitrogen and oxygen atoms in total. The SMILES string of the molecule is CC[C@@H](C)Oc1c(I)cc(C=Nn2c(-c3cc4c(OC)cccc4o3)nc3ccccc3c2=O)cc1OC. The van der Waals surface area contributed by atoms with Crippen molar-refractivity contribution in [1.82, 2.24) is 9.66 Å². The highest BCUT2D eigenvalue weighted by Crippen LogP contribution is 2.35. The zero-order valence-corrected chi connectivity index (χ0v) is 23.6. The van der Waals surface area contributed by atoms with Crippen molar-refractivity contribution in [1.29, 1.82) is 0 Å². The van der Waals surface area contributed by atoms with E-state index >= 15 is 0 Å². The standard InChI is InChI=1S/C29H26IN3O5/c1-5-17(2)37-27-21(30)13-18(14-25(27)36-4)16-31-33-28(32-22-10-7-6-9-19(22)29(33)34)26-15-20-23(35-3)11-8-12-24(20)38-26/h6-17H,5H2,1-4H3/t17-/m1/s1. The number of methoxy groups -OCH3 is 2. The molecule has 0 bridgehead atoms. The van der Waals surface area contributed by atoms with E-state index in [4.69, 9.17) is 23.6 Å². The molecule has 1 atom stereocenters. The van der Waals surface area contributed by atoms with E-state index in [1.165, 1.54) is 4.68 Å². The van der Waals surface area contributed by atoms with Crippen LogP contribution < -0.4 is 19.8 Å². The lowest BCUT2D eigenvalue weighted by atomic mass is 10.2. The van der Waals surface area contributed by atoms with Gasteiger partial charge >= 0.3 is 0 Å². The smallest absolute Gasteiger partial charge is 0.282 e. The second-order valence-electron chi connectivity index (χ2n) is 8.67. The van der Waals surface area contributed by atoms with Crippen LogP contribution in [0.2, 0.25) is 0 Å². The highest BCUT2D eigenvalue weighted by Gasteiger charge is 2.18. The van der Waals surface area contributed by atoms with Crippen molar-refractivity contribution in [2.75, 3.05) is 14.2 Å². The molecule has 0 aliphatic carbocycles. The van der Waals surface area contributed by atoms with E-state index in [1.807, 2.05) is 49.4 Å². The normalized spacial score (nSPS) is 12.3. The van der Waals surface area contributed by atoms with E-state index < -0.39 is 0 Å². The van der Waals surface area contributed by atoms with Crippen molar-refractivity contribution in [3.8, 4) is 28.8 Å². The minimum atomic E-state index is -0.312. The Morgan fingerprint density at radius 2 is 1.84 bits per heavy atom. The van der Waals surface area contributed by atoms with Crippen LogP contribution in [-0.4, -0.2) is 36.2 Å². The molecule has 0 spiro atoms. The van der Waals surface area contributed by atoms with Gasteiger partial charge in [0.25, 0.3) is 5.56 Å². The van der Waals surface area contributed by atoms with Gasteiger partial charge in [-0.05, 0) is 84.0 Å². The van der Waals surface area contributed by atoms with Crippen molar-refractivity contribution in [3.05, 3.63) is 80.2 Å². The summed E-state index contributed by atoms with van der Waals surface area (Å²) in [5.74, 6) is 2.61. The molecule has 194 valence electrons. The molecule has 0 unspecified atom stereocenters. The summed E-state index contributed by atoms with van der Waals surface area (Å²) in [6.07, 6.45) is 2.52. The van der Waals surface area contributed by atoms with Crippen molar-refractivity contribution < 1.29 is 18.6 Å². The quantitative estimate of drug-likeness (QED) is 0.145. The maximum atomic E-state index is 13.6. The molecule has 0 radical (unpaired) electrons. The number of fused-ring (bicyclic) bond motifs is 2. The lowest BCUT2D eigenvalue weighted by Gasteiger charge is -2.17. The Hall–Kier alpha value is -3.86. The fourth-order valence-corrected chi connectivity index (χ4v) is 4.80. The third-order valence-corrected chi connectivity index (χ3v) is 6.98. The van der Waals surface area contributed by atoms with Crippen molar-refractivity contribution in [2.24, 2.45) is 5.10 Å². The largest absolute Gasteiger partial charge is 0.496 e. The second-order valence-corrected chi connectivity index (χ2v) is 9.83. The first kappa shape index (κ1) is 25.8. The zero-order chi connectivity index (χ0) is 26.8. The first-order valence-electron chi connectivity index (χ1n) is 12.1. The lowest BCUT2D eigenvalue weighted by Crippen LogP contribution is -2.20. The molecule has 9 heteroatoms. The van der Waals surface area contributed by atoms with E-state index in [2.05, 4.69) is 34.6 Å². The number of halogens is 1. The molecule has 5 rings (SSSR count). The number of hydrogen-bond acceptors (Lipinski definition) is 7. The Balaban J connectivity index is 1.65. The molecule has 0 amide bonds. The third kappa shape index (κ3) is 4.85. The van der Waals surface area contributed by atoms with Crippen molar-refractivity contribution >= 4 is 50.7 Å². The first-order chi connectivity index (χ1) is 18.4. The number of hydrogen-bond donors (Lipinski definition) is 0. The monoisotopic (exact) mass is 623 g/mol. The van der Waals surface area contributed by atoms with Gasteiger partial charge in [-0.2, -0.15) is 9.78 Å². The summed E-state index contributed by atoms with van der Waals surface area (Å²) in [4.78, 5) is 18.3. The Morgan fingerprint density at radius 1 is 1.05 bits per heavy atom. The van der Waals surface area contributed by atoms with Gasteiger partial charge in [0.05, 0.1) is 46.4 Å². The van der Waals surface area contributed by atoms with Crippen LogP contribution in [0.4, 0.5) is 0 Å². The van der Waals surface area contributed by atoms with Gasteiger partial charge < -0.3 is 18.6 Å². The minimum absolute atomic E-state index is 0.0455. The third-order valence-electron chi connectivity index (χ3n) is 6.18. The molecule has 0 N–H and O–H groups in total. The summed E-state index contributed by atoms with van der Waals surface area (Å²) in [7, 11) is 3.20. The Bertz CT molecular complexity index is 1720. The Kier molecular flexibility index (Phi) is 7.37. The zero-order valence-electron chi connectivity index (χ0n) is 21.4. The molecular formula is C29H26IN3O5. The van der Waals surface area contributed by atoms with Crippen LogP contribution in [-0.2, 0) is 0 Å². The fraction of sp³-hybridized carbons (Fsp3) is 0.207. The van der Waals surface area contributed by atoms with E-state index in [-0.39, 0.29) is 17.5 Å². The average molecular weight is 623 g/mol. The summed E-state index contributed by atoms with van der Waals surface area (Å²) in [6.45, 7) is 4.08. The number of benzene rings is 3. The maximum absolute atomic E-state index is 13.6. The van der Waals surface area contributed by atoms with E-state index in [0.717, 1.165) is 20.9 Å². The molecule has 0 aliphatic heterocycles. The van der Waals surface area contributed by atoms with Crippen LogP contribution in [0.3, 0.4) is 0 Å². The fourth-order valence-electron chi connectivity index (χ4n) is 4.05. The van der Waals surface area contributed by atoms with Crippen molar-refractivity contribution in [2.45, 2.75) is 26.4 Å². The van der Waals surface area contributed by atoms with Crippen LogP contribution in [0.15, 0.2) is 75.0 Å². The minimum Gasteiger partial charge on any atom is -0.496 e. The molecule has 0 saturated carbocycles. The maximum Gasteiger partial charge on any atom is 0.282 e. The topological polar surface area (TPSA) is 88.1 Å². The Morgan fingerprint density at radius 3 is 2.61 bits per heavy atom. The van der Waals surface area contributed by atoms with Crippen LogP contribution >= 0.6 is 22.6 Å². The number of nitrogens with zero attached hydrogens (tertiary/aromatic N) is 3. The van der Waals surface area contributed by atoms with Crippen LogP contribution in [0.1, 0.15) is 25.8 Å². The number of aromatic nitrogens is 2. The van der Waals surface area contributed by atoms with Gasteiger partial charge in [0.2, 0.25) is 5.82 Å². The van der Waals surface area contributed by atoms with E-state index in [9.17, 15) is 4.79 Å². The highest BCUT2D eigenvalue weighted by atomic mass is 127. The van der Waals surface area contributed by atoms with E-state index in [0.29, 0.717) is 39.5 Å². The van der Waals surface area contributed by atoms with Gasteiger partial charge in [-0.1, -0.05) is 25.1 Å². The predicted octanol–water partition coefficient (Wildman–Crippen LogP) is 6.49. The molecule has 0 fully saturated rings. The average Bonchev–Trinajstić information content (AvgIpc) is 3.38. The van der Waals surface area contributed by atoms with Gasteiger partial charge in [-0.15, -0.1) is 0 Å². The van der Waals surface area contributed by atoms with Gasteiger partial charge in [-0.3, -0.25) is 4.79 Å². The molecule has 2 aromatic heterocycles. The molecule has 2 heterocycles. The van der Waals surface area contributed by atoms with Crippen LogP contribution in [0.5, 0.6) is 17.2 Å². The number of ether oxygens (including phenoxy) is 3. The lowest BCUT2D eigenvalue weighted by molar-refractivity contribution is 0.206. The van der Waals surface area contributed by atoms with Gasteiger partial charge in [0.15, 0.2) is 17.3 Å². The second kappa shape index (κ2) is 10.9. The summed E-state index contributed by atoms with van der Waals surface area (Å²) < 4.78 is 25.4. The molecule has 5 aromatic rings. The van der Waals surface area contributed by atoms with Gasteiger partial charge in [-0.25, -0.2) is 4.98 Å². The molecular weight excluding hydrogens is 597 g/mol. The van der Waals surface area contributed by atoms with Crippen LogP contribution in [0.25, 0.3) is 33.5 Å². The summed E-state index contributed by atoms with van der Waals surface area (Å²) >= 11 is 2.21. The number of para-hydroxylation sites is 1. The molecule has 38 heavy (non-hydrogen) atoms. The summed E-state index contributed by atoms with van der Waals surface area (Å²) in [5, 5.41) is 5.79. The Labute approximate surface area is 233 Å². The number of rotatable bonds is 8. The number of furan rings is 1.